The molecule has 342 valence electrons. The van der Waals surface area contributed by atoms with Crippen LogP contribution in [-0.4, -0.2) is 190 Å². The fourth-order valence-corrected chi connectivity index (χ4v) is 7.67. The van der Waals surface area contributed by atoms with E-state index in [2.05, 4.69) is 37.5 Å². The summed E-state index contributed by atoms with van der Waals surface area (Å²) in [5.74, 6) is 0.209. The van der Waals surface area contributed by atoms with Crippen molar-refractivity contribution in [1.29, 1.82) is 0 Å². The Balaban J connectivity index is 1.48. The largest absolute Gasteiger partial charge is 0.507 e. The van der Waals surface area contributed by atoms with E-state index in [1.807, 2.05) is 56.3 Å². The maximum Gasteiger partial charge on any atom is 0.124 e. The molecular formula is C44H69N5O12. The smallest absolute Gasteiger partial charge is 0.124 e. The average molecular weight is 860 g/mol. The van der Waals surface area contributed by atoms with Crippen LogP contribution in [0.15, 0.2) is 54.6 Å². The van der Waals surface area contributed by atoms with E-state index in [0.717, 1.165) is 61.4 Å². The monoisotopic (exact) mass is 859 g/mol. The second-order valence-corrected chi connectivity index (χ2v) is 16.4. The molecule has 1 saturated heterocycles. The van der Waals surface area contributed by atoms with Crippen LogP contribution in [0.5, 0.6) is 11.5 Å². The van der Waals surface area contributed by atoms with Crippen molar-refractivity contribution in [2.45, 2.75) is 102 Å². The van der Waals surface area contributed by atoms with Gasteiger partial charge in [-0.15, -0.1) is 0 Å². The molecule has 1 heterocycles. The molecule has 8 atom stereocenters. The summed E-state index contributed by atoms with van der Waals surface area (Å²) in [5, 5.41) is 127. The summed E-state index contributed by atoms with van der Waals surface area (Å²) in [6.07, 6.45) is -12.1. The molecule has 0 bridgehead atoms. The summed E-state index contributed by atoms with van der Waals surface area (Å²) < 4.78 is 0. The quantitative estimate of drug-likeness (QED) is 0.0519. The molecule has 8 unspecified atom stereocenters. The molecule has 0 aliphatic carbocycles. The van der Waals surface area contributed by atoms with Gasteiger partial charge in [-0.1, -0.05) is 65.7 Å². The standard InChI is InChI=1S/C44H69N5O12/c1-28-15-31(19-45-21-35(52)41(58)43(60)37(54)26-50)39(56)33(17-28)24-48-10-6-9-47(23-30-7-4-3-5-8-30)11-13-49(14-12-48)25-34-18-29(2)16-32(40(34)57)20-46-22-36(53)42(59)44(61)38(55)27-51/h3-5,7-8,15-18,35-38,41-46,50-61H,6,9-14,19-27H2,1-2H3. The van der Waals surface area contributed by atoms with Crippen molar-refractivity contribution in [3.05, 3.63) is 93.5 Å². The number of nitrogens with zero attached hydrogens (tertiary/aromatic N) is 3. The van der Waals surface area contributed by atoms with Gasteiger partial charge < -0.3 is 71.9 Å². The Labute approximate surface area is 358 Å². The van der Waals surface area contributed by atoms with Crippen molar-refractivity contribution in [3.63, 3.8) is 0 Å². The molecular weight excluding hydrogens is 791 g/mol. The zero-order valence-electron chi connectivity index (χ0n) is 35.3. The lowest BCUT2D eigenvalue weighted by atomic mass is 10.0. The summed E-state index contributed by atoms with van der Waals surface area (Å²) in [5.41, 5.74) is 5.69. The molecule has 0 amide bonds. The van der Waals surface area contributed by atoms with Crippen LogP contribution in [-0.2, 0) is 32.7 Å². The van der Waals surface area contributed by atoms with E-state index in [0.29, 0.717) is 37.3 Å². The van der Waals surface area contributed by atoms with Crippen LogP contribution in [0.25, 0.3) is 0 Å². The van der Waals surface area contributed by atoms with E-state index in [9.17, 15) is 51.1 Å². The Morgan fingerprint density at radius 1 is 0.492 bits per heavy atom. The maximum atomic E-state index is 11.5. The topological polar surface area (TPSA) is 277 Å². The Bertz CT molecular complexity index is 1740. The number of aromatic hydroxyl groups is 2. The Morgan fingerprint density at radius 2 is 0.852 bits per heavy atom. The number of hydrogen-bond donors (Lipinski definition) is 14. The molecule has 61 heavy (non-hydrogen) atoms. The molecule has 17 nitrogen and oxygen atoms in total. The third kappa shape index (κ3) is 15.5. The number of aliphatic hydroxyl groups is 10. The highest BCUT2D eigenvalue weighted by molar-refractivity contribution is 5.44. The predicted molar refractivity (Wildman–Crippen MR) is 228 cm³/mol. The lowest BCUT2D eigenvalue weighted by molar-refractivity contribution is -0.114. The van der Waals surface area contributed by atoms with Gasteiger partial charge in [-0.2, -0.15) is 0 Å². The summed E-state index contributed by atoms with van der Waals surface area (Å²) in [6, 6.07) is 17.9. The minimum atomic E-state index is -1.74. The summed E-state index contributed by atoms with van der Waals surface area (Å²) in [6.45, 7) is 8.46. The van der Waals surface area contributed by atoms with Crippen LogP contribution in [0.4, 0.5) is 0 Å². The van der Waals surface area contributed by atoms with Crippen molar-refractivity contribution in [1.82, 2.24) is 25.3 Å². The number of phenolic OH excluding ortho intramolecular Hbond substituents is 2. The van der Waals surface area contributed by atoms with Crippen molar-refractivity contribution in [2.24, 2.45) is 0 Å². The fourth-order valence-electron chi connectivity index (χ4n) is 7.67. The van der Waals surface area contributed by atoms with Crippen LogP contribution < -0.4 is 10.6 Å². The normalized spacial score (nSPS) is 19.1. The summed E-state index contributed by atoms with van der Waals surface area (Å²) in [7, 11) is 0. The first-order valence-electron chi connectivity index (χ1n) is 21.0. The third-order valence-corrected chi connectivity index (χ3v) is 11.3. The molecule has 1 aliphatic rings. The number of aryl methyl sites for hydroxylation is 2. The number of aliphatic hydroxyl groups excluding tert-OH is 10. The third-order valence-electron chi connectivity index (χ3n) is 11.3. The van der Waals surface area contributed by atoms with Gasteiger partial charge in [-0.25, -0.2) is 0 Å². The van der Waals surface area contributed by atoms with E-state index in [4.69, 9.17) is 10.2 Å². The lowest BCUT2D eigenvalue weighted by Crippen LogP contribution is -2.48. The maximum absolute atomic E-state index is 11.5. The molecule has 0 spiro atoms. The number of phenols is 2. The first-order chi connectivity index (χ1) is 29.1. The van der Waals surface area contributed by atoms with Gasteiger partial charge in [0.15, 0.2) is 0 Å². The molecule has 14 N–H and O–H groups in total. The summed E-state index contributed by atoms with van der Waals surface area (Å²) >= 11 is 0. The van der Waals surface area contributed by atoms with Crippen LogP contribution in [0.2, 0.25) is 0 Å². The second kappa shape index (κ2) is 25.1. The van der Waals surface area contributed by atoms with Crippen LogP contribution in [0.3, 0.4) is 0 Å². The molecule has 17 heteroatoms. The first-order valence-corrected chi connectivity index (χ1v) is 21.0. The fraction of sp³-hybridized carbons (Fsp3) is 0.591. The van der Waals surface area contributed by atoms with Crippen LogP contribution in [0.1, 0.15) is 45.4 Å². The van der Waals surface area contributed by atoms with Gasteiger partial charge in [-0.05, 0) is 38.9 Å². The highest BCUT2D eigenvalue weighted by Gasteiger charge is 2.31. The molecule has 4 rings (SSSR count). The van der Waals surface area contributed by atoms with Gasteiger partial charge in [-0.3, -0.25) is 14.7 Å². The SMILES string of the molecule is Cc1cc(CNCC(O)C(O)C(O)C(O)CO)c(O)c(CN2CCCN(Cc3ccccc3)CCN(Cc3cc(C)cc(CNCC(O)C(O)C(O)C(O)CO)c3O)CC2)c1. The van der Waals surface area contributed by atoms with Gasteiger partial charge >= 0.3 is 0 Å². The van der Waals surface area contributed by atoms with Gasteiger partial charge in [0.25, 0.3) is 0 Å². The van der Waals surface area contributed by atoms with E-state index in [1.54, 1.807) is 0 Å². The van der Waals surface area contributed by atoms with E-state index >= 15 is 0 Å². The molecule has 1 aliphatic heterocycles. The molecule has 3 aromatic carbocycles. The zero-order chi connectivity index (χ0) is 44.6. The van der Waals surface area contributed by atoms with Gasteiger partial charge in [0, 0.05) is 94.2 Å². The van der Waals surface area contributed by atoms with Crippen molar-refractivity contribution < 1.29 is 61.3 Å². The van der Waals surface area contributed by atoms with Crippen molar-refractivity contribution in [2.75, 3.05) is 65.6 Å². The highest BCUT2D eigenvalue weighted by atomic mass is 16.4. The van der Waals surface area contributed by atoms with Gasteiger partial charge in [0.2, 0.25) is 0 Å². The summed E-state index contributed by atoms with van der Waals surface area (Å²) in [4.78, 5) is 7.04. The Morgan fingerprint density at radius 3 is 1.26 bits per heavy atom. The molecule has 0 aromatic heterocycles. The number of rotatable bonds is 22. The molecule has 0 saturated carbocycles. The minimum absolute atomic E-state index is 0.103. The Hall–Kier alpha value is -3.34. The minimum Gasteiger partial charge on any atom is -0.507 e. The molecule has 3 aromatic rings. The zero-order valence-corrected chi connectivity index (χ0v) is 35.3. The predicted octanol–water partition coefficient (Wildman–Crippen LogP) is -2.02. The number of nitrogens with one attached hydrogen (secondary N) is 2. The van der Waals surface area contributed by atoms with E-state index in [1.165, 1.54) is 5.56 Å². The van der Waals surface area contributed by atoms with Crippen LogP contribution in [0, 0.1) is 13.8 Å². The molecule has 1 fully saturated rings. The van der Waals surface area contributed by atoms with E-state index in [-0.39, 0.29) is 37.7 Å². The van der Waals surface area contributed by atoms with E-state index < -0.39 is 62.0 Å². The lowest BCUT2D eigenvalue weighted by Gasteiger charge is -2.33. The highest BCUT2D eigenvalue weighted by Crippen LogP contribution is 2.28. The number of benzene rings is 3. The molecule has 0 radical (unpaired) electrons. The first kappa shape index (κ1) is 50.3. The second-order valence-electron chi connectivity index (χ2n) is 16.4. The van der Waals surface area contributed by atoms with Crippen molar-refractivity contribution >= 4 is 0 Å². The van der Waals surface area contributed by atoms with Gasteiger partial charge in [0.1, 0.15) is 48.1 Å². The Kier molecular flexibility index (Phi) is 20.7. The van der Waals surface area contributed by atoms with Crippen molar-refractivity contribution in [3.8, 4) is 11.5 Å². The average Bonchev–Trinajstić information content (AvgIpc) is 3.25. The number of hydrogen-bond acceptors (Lipinski definition) is 17. The van der Waals surface area contributed by atoms with Gasteiger partial charge in [0.05, 0.1) is 25.4 Å². The van der Waals surface area contributed by atoms with Crippen LogP contribution >= 0.6 is 0 Å².